The van der Waals surface area contributed by atoms with Gasteiger partial charge in [0.1, 0.15) is 0 Å². The molecule has 0 aromatic carbocycles. The van der Waals surface area contributed by atoms with E-state index in [0.29, 0.717) is 0 Å². The van der Waals surface area contributed by atoms with Gasteiger partial charge in [-0.2, -0.15) is 0 Å². The van der Waals surface area contributed by atoms with Crippen LogP contribution in [-0.2, 0) is 0 Å². The number of hydrogen-bond donors (Lipinski definition) is 0. The van der Waals surface area contributed by atoms with Crippen LogP contribution in [0, 0.1) is 0 Å². The van der Waals surface area contributed by atoms with Crippen molar-refractivity contribution in [3.8, 4) is 0 Å². The Morgan fingerprint density at radius 1 is 1.12 bits per heavy atom. The van der Waals surface area contributed by atoms with Crippen molar-refractivity contribution in [1.82, 2.24) is 3.88 Å². The average molecular weight is 129 g/mol. The SMILES string of the molecule is CC[N](CC)[Al]([CH3])[CH3]. The quantitative estimate of drug-likeness (QED) is 0.523. The van der Waals surface area contributed by atoms with E-state index in [9.17, 15) is 0 Å². The maximum atomic E-state index is 2.56. The molecule has 0 fully saturated rings. The van der Waals surface area contributed by atoms with E-state index in [-0.39, 0.29) is 0 Å². The van der Waals surface area contributed by atoms with Crippen molar-refractivity contribution in [2.24, 2.45) is 0 Å². The lowest BCUT2D eigenvalue weighted by atomic mass is 10.7. The first-order chi connectivity index (χ1) is 3.72. The van der Waals surface area contributed by atoms with Crippen molar-refractivity contribution in [1.29, 1.82) is 0 Å². The zero-order valence-corrected chi connectivity index (χ0v) is 7.59. The summed E-state index contributed by atoms with van der Waals surface area (Å²) in [6, 6.07) is 0. The summed E-state index contributed by atoms with van der Waals surface area (Å²) in [5, 5.41) is 0. The van der Waals surface area contributed by atoms with E-state index in [4.69, 9.17) is 0 Å². The van der Waals surface area contributed by atoms with Crippen LogP contribution in [0.4, 0.5) is 0 Å². The Morgan fingerprint density at radius 3 is 1.50 bits per heavy atom. The minimum Gasteiger partial charge on any atom is -0.385 e. The molecule has 0 N–H and O–H groups in total. The summed E-state index contributed by atoms with van der Waals surface area (Å²) >= 11 is -0.452. The highest BCUT2D eigenvalue weighted by Gasteiger charge is 2.09. The second-order valence-corrected chi connectivity index (χ2v) is 5.23. The van der Waals surface area contributed by atoms with Gasteiger partial charge in [-0.05, 0) is 13.1 Å². The fourth-order valence-corrected chi connectivity index (χ4v) is 2.41. The van der Waals surface area contributed by atoms with Crippen LogP contribution in [-0.4, -0.2) is 31.3 Å². The van der Waals surface area contributed by atoms with Crippen LogP contribution in [0.2, 0.25) is 11.6 Å². The van der Waals surface area contributed by atoms with Crippen molar-refractivity contribution in [3.63, 3.8) is 0 Å². The van der Waals surface area contributed by atoms with E-state index in [1.165, 1.54) is 13.1 Å². The standard InChI is InChI=1S/C4H10N.2CH3.Al/c1-3-5-4-2;;;/h3-4H2,1-2H3;2*1H3;/q-1;;;+1. The third-order valence-electron chi connectivity index (χ3n) is 1.54. The van der Waals surface area contributed by atoms with Gasteiger partial charge in [-0.25, -0.2) is 0 Å². The summed E-state index contributed by atoms with van der Waals surface area (Å²) < 4.78 is 2.56. The molecule has 0 radical (unpaired) electrons. The van der Waals surface area contributed by atoms with Crippen LogP contribution in [0.5, 0.6) is 0 Å². The molecule has 0 saturated heterocycles. The smallest absolute Gasteiger partial charge is 0.365 e. The topological polar surface area (TPSA) is 3.24 Å². The molecule has 0 atom stereocenters. The predicted molar refractivity (Wildman–Crippen MR) is 40.4 cm³/mol. The van der Waals surface area contributed by atoms with Crippen molar-refractivity contribution < 1.29 is 0 Å². The second-order valence-electron chi connectivity index (χ2n) is 2.31. The first-order valence-electron chi connectivity index (χ1n) is 3.46. The van der Waals surface area contributed by atoms with Gasteiger partial charge < -0.3 is 3.88 Å². The first kappa shape index (κ1) is 8.49. The number of rotatable bonds is 3. The van der Waals surface area contributed by atoms with E-state index < -0.39 is 14.4 Å². The largest absolute Gasteiger partial charge is 0.385 e. The molecule has 0 saturated carbocycles. The highest BCUT2D eigenvalue weighted by molar-refractivity contribution is 6.52. The molecular formula is C6H16AlN. The van der Waals surface area contributed by atoms with Gasteiger partial charge >= 0.3 is 14.4 Å². The summed E-state index contributed by atoms with van der Waals surface area (Å²) in [6.45, 7) is 6.94. The molecule has 0 amide bonds. The van der Waals surface area contributed by atoms with Gasteiger partial charge in [0.05, 0.1) is 0 Å². The normalized spacial score (nSPS) is 10.1. The predicted octanol–water partition coefficient (Wildman–Crippen LogP) is 1.58. The molecule has 0 aliphatic rings. The average Bonchev–Trinajstić information content (AvgIpc) is 1.69. The molecule has 0 aliphatic heterocycles. The Kier molecular flexibility index (Phi) is 4.65. The van der Waals surface area contributed by atoms with Crippen LogP contribution in [0.25, 0.3) is 0 Å². The van der Waals surface area contributed by atoms with Crippen LogP contribution in [0.15, 0.2) is 0 Å². The third-order valence-corrected chi connectivity index (χ3v) is 3.73. The lowest BCUT2D eigenvalue weighted by Gasteiger charge is -2.19. The van der Waals surface area contributed by atoms with E-state index in [1.54, 1.807) is 0 Å². The molecule has 48 valence electrons. The summed E-state index contributed by atoms with van der Waals surface area (Å²) in [4.78, 5) is 0. The maximum absolute atomic E-state index is 2.56. The van der Waals surface area contributed by atoms with Crippen LogP contribution >= 0.6 is 0 Å². The Hall–Kier alpha value is 0.492. The Bertz CT molecular complexity index is 50.5. The molecule has 0 aromatic rings. The van der Waals surface area contributed by atoms with Crippen molar-refractivity contribution in [2.45, 2.75) is 25.4 Å². The minimum atomic E-state index is -0.452. The lowest BCUT2D eigenvalue weighted by Crippen LogP contribution is -2.33. The Balaban J connectivity index is 3.35. The first-order valence-corrected chi connectivity index (χ1v) is 6.29. The van der Waals surface area contributed by atoms with Crippen molar-refractivity contribution in [2.75, 3.05) is 13.1 Å². The van der Waals surface area contributed by atoms with E-state index >= 15 is 0 Å². The summed E-state index contributed by atoms with van der Waals surface area (Å²) in [6.07, 6.45) is 0. The van der Waals surface area contributed by atoms with Gasteiger partial charge in [0, 0.05) is 0 Å². The van der Waals surface area contributed by atoms with E-state index in [1.807, 2.05) is 0 Å². The molecule has 0 heterocycles. The maximum Gasteiger partial charge on any atom is 0.365 e. The third kappa shape index (κ3) is 2.72. The van der Waals surface area contributed by atoms with Gasteiger partial charge in [-0.3, -0.25) is 0 Å². The van der Waals surface area contributed by atoms with Crippen molar-refractivity contribution >= 4 is 14.4 Å². The zero-order chi connectivity index (χ0) is 6.57. The second kappa shape index (κ2) is 4.38. The van der Waals surface area contributed by atoms with Crippen LogP contribution in [0.3, 0.4) is 0 Å². The molecule has 0 unspecified atom stereocenters. The fourth-order valence-electron chi connectivity index (χ4n) is 0.954. The van der Waals surface area contributed by atoms with Gasteiger partial charge in [0.2, 0.25) is 0 Å². The van der Waals surface area contributed by atoms with Crippen LogP contribution < -0.4 is 0 Å². The van der Waals surface area contributed by atoms with Gasteiger partial charge in [-0.15, -0.1) is 0 Å². The molecule has 0 aliphatic carbocycles. The molecular weight excluding hydrogens is 113 g/mol. The molecule has 0 aromatic heterocycles. The lowest BCUT2D eigenvalue weighted by molar-refractivity contribution is 0.484. The number of nitrogens with zero attached hydrogens (tertiary/aromatic N) is 1. The van der Waals surface area contributed by atoms with Gasteiger partial charge in [0.25, 0.3) is 0 Å². The van der Waals surface area contributed by atoms with E-state index in [2.05, 4.69) is 29.3 Å². The summed E-state index contributed by atoms with van der Waals surface area (Å²) in [5.41, 5.74) is 0. The molecule has 0 rings (SSSR count). The molecule has 8 heavy (non-hydrogen) atoms. The zero-order valence-electron chi connectivity index (χ0n) is 6.44. The molecule has 0 spiro atoms. The highest BCUT2D eigenvalue weighted by Crippen LogP contribution is 1.90. The fraction of sp³-hybridized carbons (Fsp3) is 1.00. The van der Waals surface area contributed by atoms with Crippen molar-refractivity contribution in [3.05, 3.63) is 0 Å². The van der Waals surface area contributed by atoms with Crippen LogP contribution in [0.1, 0.15) is 13.8 Å². The Morgan fingerprint density at radius 2 is 1.50 bits per heavy atom. The monoisotopic (exact) mass is 129 g/mol. The molecule has 0 bridgehead atoms. The minimum absolute atomic E-state index is 0.452. The van der Waals surface area contributed by atoms with Gasteiger partial charge in [-0.1, -0.05) is 25.4 Å². The molecule has 1 nitrogen and oxygen atoms in total. The van der Waals surface area contributed by atoms with Gasteiger partial charge in [0.15, 0.2) is 0 Å². The van der Waals surface area contributed by atoms with E-state index in [0.717, 1.165) is 0 Å². The molecule has 2 heteroatoms. The number of hydrogen-bond acceptors (Lipinski definition) is 1. The highest BCUT2D eigenvalue weighted by atomic mass is 27.2. The summed E-state index contributed by atoms with van der Waals surface area (Å²) in [7, 11) is 0. The Labute approximate surface area is 57.3 Å². The summed E-state index contributed by atoms with van der Waals surface area (Å²) in [5.74, 6) is 4.74.